The van der Waals surface area contributed by atoms with E-state index < -0.39 is 0 Å². The topological polar surface area (TPSA) is 32.3 Å². The molecule has 10 heavy (non-hydrogen) atoms. The zero-order chi connectivity index (χ0) is 7.66. The lowest BCUT2D eigenvalue weighted by Gasteiger charge is -1.91. The van der Waals surface area contributed by atoms with Crippen molar-refractivity contribution in [1.29, 1.82) is 0 Å². The Balaban J connectivity index is 0.000000236. The summed E-state index contributed by atoms with van der Waals surface area (Å²) in [6, 6.07) is 0. The maximum Gasteiger partial charge on any atom is 0.0402 e. The van der Waals surface area contributed by atoms with Crippen LogP contribution in [0.4, 0.5) is 0 Å². The third-order valence-electron chi connectivity index (χ3n) is 1.46. The Kier molecular flexibility index (Phi) is 8.85. The summed E-state index contributed by atoms with van der Waals surface area (Å²) in [5.41, 5.74) is 0. The lowest BCUT2D eigenvalue weighted by Crippen LogP contribution is -2.12. The first-order chi connectivity index (χ1) is 4.91. The maximum absolute atomic E-state index is 7.57. The molecule has 1 saturated heterocycles. The molecule has 1 fully saturated rings. The molecule has 1 heterocycles. The standard InChI is InChI=1S/C6H13N.C2H6O/c1-2-4-6-7-5-3-1;1-2-3/h7H,1-6H2;3H,2H2,1H3. The fraction of sp³-hybridized carbons (Fsp3) is 1.00. The van der Waals surface area contributed by atoms with E-state index in [4.69, 9.17) is 5.11 Å². The van der Waals surface area contributed by atoms with Gasteiger partial charge in [0.25, 0.3) is 0 Å². The molecule has 0 aromatic carbocycles. The fourth-order valence-corrected chi connectivity index (χ4v) is 0.979. The third kappa shape index (κ3) is 7.92. The van der Waals surface area contributed by atoms with Crippen molar-refractivity contribution in [2.75, 3.05) is 19.7 Å². The van der Waals surface area contributed by atoms with Crippen LogP contribution >= 0.6 is 0 Å². The van der Waals surface area contributed by atoms with Gasteiger partial charge in [-0.05, 0) is 32.9 Å². The van der Waals surface area contributed by atoms with Gasteiger partial charge >= 0.3 is 0 Å². The largest absolute Gasteiger partial charge is 0.397 e. The number of hydrogen-bond acceptors (Lipinski definition) is 2. The van der Waals surface area contributed by atoms with E-state index >= 15 is 0 Å². The molecule has 2 N–H and O–H groups in total. The van der Waals surface area contributed by atoms with E-state index in [9.17, 15) is 0 Å². The quantitative estimate of drug-likeness (QED) is 0.536. The van der Waals surface area contributed by atoms with Crippen LogP contribution in [0.15, 0.2) is 0 Å². The Morgan fingerprint density at radius 2 is 1.50 bits per heavy atom. The van der Waals surface area contributed by atoms with Crippen molar-refractivity contribution in [3.05, 3.63) is 0 Å². The van der Waals surface area contributed by atoms with Crippen molar-refractivity contribution in [1.82, 2.24) is 5.32 Å². The zero-order valence-corrected chi connectivity index (χ0v) is 6.90. The lowest BCUT2D eigenvalue weighted by atomic mass is 10.2. The highest BCUT2D eigenvalue weighted by atomic mass is 16.2. The van der Waals surface area contributed by atoms with Gasteiger partial charge in [-0.2, -0.15) is 0 Å². The monoisotopic (exact) mass is 145 g/mol. The first kappa shape index (κ1) is 9.92. The van der Waals surface area contributed by atoms with Crippen molar-refractivity contribution in [2.45, 2.75) is 32.6 Å². The number of aliphatic hydroxyl groups is 1. The Bertz CT molecular complexity index is 37.6. The van der Waals surface area contributed by atoms with Gasteiger partial charge in [-0.1, -0.05) is 12.8 Å². The van der Waals surface area contributed by atoms with Gasteiger partial charge in [-0.15, -0.1) is 0 Å². The highest BCUT2D eigenvalue weighted by molar-refractivity contribution is 4.54. The molecule has 62 valence electrons. The van der Waals surface area contributed by atoms with Gasteiger partial charge < -0.3 is 10.4 Å². The van der Waals surface area contributed by atoms with Crippen LogP contribution in [0.2, 0.25) is 0 Å². The normalized spacial score (nSPS) is 18.6. The predicted molar refractivity (Wildman–Crippen MR) is 44.1 cm³/mol. The van der Waals surface area contributed by atoms with Crippen molar-refractivity contribution >= 4 is 0 Å². The molecule has 1 aliphatic rings. The molecule has 2 heteroatoms. The van der Waals surface area contributed by atoms with E-state index in [-0.39, 0.29) is 6.61 Å². The predicted octanol–water partition coefficient (Wildman–Crippen LogP) is 1.15. The summed E-state index contributed by atoms with van der Waals surface area (Å²) in [5.74, 6) is 0. The Morgan fingerprint density at radius 3 is 1.90 bits per heavy atom. The summed E-state index contributed by atoms with van der Waals surface area (Å²) in [7, 11) is 0. The van der Waals surface area contributed by atoms with Crippen molar-refractivity contribution in [3.63, 3.8) is 0 Å². The SMILES string of the molecule is C1CCCNCC1.CCO. The van der Waals surface area contributed by atoms with Crippen LogP contribution < -0.4 is 5.32 Å². The number of nitrogens with one attached hydrogen (secondary N) is 1. The molecule has 0 spiro atoms. The summed E-state index contributed by atoms with van der Waals surface area (Å²) in [4.78, 5) is 0. The van der Waals surface area contributed by atoms with Crippen molar-refractivity contribution in [3.8, 4) is 0 Å². The first-order valence-corrected chi connectivity index (χ1v) is 4.23. The van der Waals surface area contributed by atoms with Crippen LogP contribution in [-0.2, 0) is 0 Å². The smallest absolute Gasteiger partial charge is 0.0402 e. The van der Waals surface area contributed by atoms with Crippen LogP contribution in [0.25, 0.3) is 0 Å². The zero-order valence-electron chi connectivity index (χ0n) is 6.90. The second kappa shape index (κ2) is 8.92. The third-order valence-corrected chi connectivity index (χ3v) is 1.46. The van der Waals surface area contributed by atoms with Gasteiger partial charge in [0, 0.05) is 6.61 Å². The summed E-state index contributed by atoms with van der Waals surface area (Å²) in [6.07, 6.45) is 5.65. The molecule has 0 bridgehead atoms. The van der Waals surface area contributed by atoms with Gasteiger partial charge in [0.15, 0.2) is 0 Å². The van der Waals surface area contributed by atoms with Crippen LogP contribution in [0, 0.1) is 0 Å². The lowest BCUT2D eigenvalue weighted by molar-refractivity contribution is 0.318. The molecule has 0 aromatic rings. The van der Waals surface area contributed by atoms with Crippen LogP contribution in [0.5, 0.6) is 0 Å². The minimum atomic E-state index is 0.250. The van der Waals surface area contributed by atoms with E-state index in [1.165, 1.54) is 38.8 Å². The Labute approximate surface area is 63.6 Å². The average Bonchev–Trinajstić information content (AvgIpc) is 2.17. The van der Waals surface area contributed by atoms with E-state index in [2.05, 4.69) is 5.32 Å². The Hall–Kier alpha value is -0.0800. The van der Waals surface area contributed by atoms with Gasteiger partial charge in [-0.25, -0.2) is 0 Å². The summed E-state index contributed by atoms with van der Waals surface area (Å²) in [5, 5.41) is 10.9. The van der Waals surface area contributed by atoms with Gasteiger partial charge in [0.05, 0.1) is 0 Å². The summed E-state index contributed by atoms with van der Waals surface area (Å²) in [6.45, 7) is 4.43. The number of rotatable bonds is 0. The molecule has 0 amide bonds. The van der Waals surface area contributed by atoms with Gasteiger partial charge in [0.1, 0.15) is 0 Å². The van der Waals surface area contributed by atoms with Crippen molar-refractivity contribution in [2.24, 2.45) is 0 Å². The summed E-state index contributed by atoms with van der Waals surface area (Å²) < 4.78 is 0. The maximum atomic E-state index is 7.57. The van der Waals surface area contributed by atoms with Crippen LogP contribution in [0.3, 0.4) is 0 Å². The molecular formula is C8H19NO. The minimum absolute atomic E-state index is 0.250. The molecule has 1 rings (SSSR count). The molecule has 0 unspecified atom stereocenters. The van der Waals surface area contributed by atoms with Crippen LogP contribution in [-0.4, -0.2) is 24.8 Å². The second-order valence-electron chi connectivity index (χ2n) is 2.48. The molecule has 0 atom stereocenters. The highest BCUT2D eigenvalue weighted by Crippen LogP contribution is 2.00. The van der Waals surface area contributed by atoms with E-state index in [0.29, 0.717) is 0 Å². The van der Waals surface area contributed by atoms with Crippen LogP contribution in [0.1, 0.15) is 32.6 Å². The first-order valence-electron chi connectivity index (χ1n) is 4.23. The Morgan fingerprint density at radius 1 is 1.10 bits per heavy atom. The molecule has 1 aliphatic heterocycles. The summed E-state index contributed by atoms with van der Waals surface area (Å²) >= 11 is 0. The van der Waals surface area contributed by atoms with E-state index in [1.807, 2.05) is 0 Å². The van der Waals surface area contributed by atoms with E-state index in [0.717, 1.165) is 0 Å². The van der Waals surface area contributed by atoms with Gasteiger partial charge in [-0.3, -0.25) is 0 Å². The molecule has 2 nitrogen and oxygen atoms in total. The molecule has 0 aliphatic carbocycles. The van der Waals surface area contributed by atoms with Crippen molar-refractivity contribution < 1.29 is 5.11 Å². The second-order valence-corrected chi connectivity index (χ2v) is 2.48. The molecule has 0 saturated carbocycles. The molecule has 0 aromatic heterocycles. The fourth-order valence-electron chi connectivity index (χ4n) is 0.979. The number of aliphatic hydroxyl groups excluding tert-OH is 1. The van der Waals surface area contributed by atoms with Gasteiger partial charge in [0.2, 0.25) is 0 Å². The minimum Gasteiger partial charge on any atom is -0.397 e. The molecule has 0 radical (unpaired) electrons. The van der Waals surface area contributed by atoms with E-state index in [1.54, 1.807) is 6.92 Å². The molecular weight excluding hydrogens is 126 g/mol. The highest BCUT2D eigenvalue weighted by Gasteiger charge is 1.94. The average molecular weight is 145 g/mol. The number of hydrogen-bond donors (Lipinski definition) is 2.